The normalized spacial score (nSPS) is 10.3. The quantitative estimate of drug-likeness (QED) is 0.623. The number of methoxy groups -OCH3 is 1. The van der Waals surface area contributed by atoms with E-state index in [1.54, 1.807) is 7.11 Å². The molecule has 0 atom stereocenters. The van der Waals surface area contributed by atoms with Crippen molar-refractivity contribution in [2.75, 3.05) is 7.11 Å². The molecule has 0 radical (unpaired) electrons. The number of H-pyrrole nitrogens is 1. The number of nitrogens with zero attached hydrogens (tertiary/aromatic N) is 1. The summed E-state index contributed by atoms with van der Waals surface area (Å²) in [5.41, 5.74) is 0.916. The molecule has 6 nitrogen and oxygen atoms in total. The maximum Gasteiger partial charge on any atom is 0.309 e. The molecule has 0 unspecified atom stereocenters. The van der Waals surface area contributed by atoms with Crippen LogP contribution >= 0.6 is 11.8 Å². The number of thioether (sulfide) groups is 1. The fourth-order valence-corrected chi connectivity index (χ4v) is 2.55. The van der Waals surface area contributed by atoms with Gasteiger partial charge in [-0.05, 0) is 17.7 Å². The number of benzene rings is 1. The minimum Gasteiger partial charge on any atom is -0.497 e. The first-order valence-electron chi connectivity index (χ1n) is 6.14. The number of aromatic amines is 1. The van der Waals surface area contributed by atoms with Crippen LogP contribution in [0.15, 0.2) is 40.3 Å². The zero-order valence-electron chi connectivity index (χ0n) is 11.3. The topological polar surface area (TPSA) is 92.3 Å². The molecule has 0 aliphatic carbocycles. The highest BCUT2D eigenvalue weighted by Gasteiger charge is 2.07. The van der Waals surface area contributed by atoms with E-state index in [1.807, 2.05) is 24.3 Å². The Hall–Kier alpha value is -2.28. The molecule has 0 saturated heterocycles. The van der Waals surface area contributed by atoms with Crippen LogP contribution in [0.4, 0.5) is 0 Å². The molecular formula is C14H14N2O4S. The molecule has 2 aromatic rings. The van der Waals surface area contributed by atoms with E-state index in [0.29, 0.717) is 10.9 Å². The Kier molecular flexibility index (Phi) is 4.99. The number of hydrogen-bond donors (Lipinski definition) is 2. The lowest BCUT2D eigenvalue weighted by Gasteiger charge is -2.05. The highest BCUT2D eigenvalue weighted by molar-refractivity contribution is 7.98. The summed E-state index contributed by atoms with van der Waals surface area (Å²) in [5.74, 6) is 0.336. The number of carbonyl (C=O) groups is 1. The number of carboxylic acid groups (broad SMARTS) is 1. The van der Waals surface area contributed by atoms with Gasteiger partial charge < -0.3 is 14.8 Å². The predicted octanol–water partition coefficient (Wildman–Crippen LogP) is 1.70. The van der Waals surface area contributed by atoms with Crippen molar-refractivity contribution < 1.29 is 14.6 Å². The van der Waals surface area contributed by atoms with Crippen molar-refractivity contribution in [2.24, 2.45) is 0 Å². The van der Waals surface area contributed by atoms with E-state index in [4.69, 9.17) is 9.84 Å². The number of aromatic nitrogens is 2. The van der Waals surface area contributed by atoms with Gasteiger partial charge in [0.15, 0.2) is 5.16 Å². The van der Waals surface area contributed by atoms with Crippen LogP contribution in [0.5, 0.6) is 5.75 Å². The number of carboxylic acids is 1. The van der Waals surface area contributed by atoms with E-state index in [0.717, 1.165) is 11.3 Å². The summed E-state index contributed by atoms with van der Waals surface area (Å²) >= 11 is 1.33. The van der Waals surface area contributed by atoms with Gasteiger partial charge in [-0.1, -0.05) is 23.9 Å². The van der Waals surface area contributed by atoms with Gasteiger partial charge in [0.2, 0.25) is 0 Å². The zero-order valence-corrected chi connectivity index (χ0v) is 12.1. The molecule has 0 bridgehead atoms. The Morgan fingerprint density at radius 1 is 1.43 bits per heavy atom. The first kappa shape index (κ1) is 15.1. The van der Waals surface area contributed by atoms with E-state index in [2.05, 4.69) is 9.97 Å². The summed E-state index contributed by atoms with van der Waals surface area (Å²) in [6.45, 7) is 0. The molecule has 0 aliphatic rings. The largest absolute Gasteiger partial charge is 0.497 e. The third-order valence-corrected chi connectivity index (χ3v) is 3.56. The average Bonchev–Trinajstić information content (AvgIpc) is 2.44. The summed E-state index contributed by atoms with van der Waals surface area (Å²) in [6, 6.07) is 8.76. The van der Waals surface area contributed by atoms with Crippen molar-refractivity contribution in [3.63, 3.8) is 0 Å². The lowest BCUT2D eigenvalue weighted by atomic mass is 10.2. The van der Waals surface area contributed by atoms with Crippen LogP contribution in [0.25, 0.3) is 0 Å². The van der Waals surface area contributed by atoms with Crippen LogP contribution < -0.4 is 10.3 Å². The van der Waals surface area contributed by atoms with Crippen molar-refractivity contribution in [3.05, 3.63) is 51.9 Å². The molecule has 21 heavy (non-hydrogen) atoms. The third kappa shape index (κ3) is 4.64. The Morgan fingerprint density at radius 2 is 2.24 bits per heavy atom. The van der Waals surface area contributed by atoms with Gasteiger partial charge in [-0.2, -0.15) is 0 Å². The molecule has 2 N–H and O–H groups in total. The van der Waals surface area contributed by atoms with E-state index >= 15 is 0 Å². The lowest BCUT2D eigenvalue weighted by molar-refractivity contribution is -0.136. The molecule has 1 aromatic heterocycles. The van der Waals surface area contributed by atoms with Gasteiger partial charge in [0.1, 0.15) is 5.75 Å². The van der Waals surface area contributed by atoms with Crippen molar-refractivity contribution in [1.82, 2.24) is 9.97 Å². The molecule has 0 aliphatic heterocycles. The van der Waals surface area contributed by atoms with E-state index in [-0.39, 0.29) is 17.7 Å². The van der Waals surface area contributed by atoms with Gasteiger partial charge in [-0.3, -0.25) is 9.59 Å². The summed E-state index contributed by atoms with van der Waals surface area (Å²) < 4.78 is 5.14. The summed E-state index contributed by atoms with van der Waals surface area (Å²) in [4.78, 5) is 28.9. The Balaban J connectivity index is 2.10. The van der Waals surface area contributed by atoms with Crippen LogP contribution in [0.2, 0.25) is 0 Å². The maximum absolute atomic E-state index is 11.5. The van der Waals surface area contributed by atoms with Gasteiger partial charge in [-0.25, -0.2) is 4.98 Å². The fourth-order valence-electron chi connectivity index (χ4n) is 1.71. The zero-order chi connectivity index (χ0) is 15.2. The fraction of sp³-hybridized carbons (Fsp3) is 0.214. The number of nitrogens with one attached hydrogen (secondary N) is 1. The molecular weight excluding hydrogens is 292 g/mol. The van der Waals surface area contributed by atoms with E-state index < -0.39 is 5.97 Å². The number of hydrogen-bond acceptors (Lipinski definition) is 5. The van der Waals surface area contributed by atoms with Crippen LogP contribution in [0.1, 0.15) is 11.3 Å². The monoisotopic (exact) mass is 306 g/mol. The summed E-state index contributed by atoms with van der Waals surface area (Å²) in [6.07, 6.45) is -0.267. The Morgan fingerprint density at radius 3 is 2.95 bits per heavy atom. The molecule has 0 saturated carbocycles. The highest BCUT2D eigenvalue weighted by Crippen LogP contribution is 2.21. The van der Waals surface area contributed by atoms with Crippen LogP contribution in [-0.2, 0) is 17.0 Å². The number of aliphatic carboxylic acids is 1. The van der Waals surface area contributed by atoms with Crippen LogP contribution in [0, 0.1) is 0 Å². The molecule has 0 amide bonds. The van der Waals surface area contributed by atoms with E-state index in [9.17, 15) is 9.59 Å². The SMILES string of the molecule is COc1cccc(CSc2nc(CC(=O)O)cc(=O)[nH]2)c1. The molecule has 1 aromatic carbocycles. The Labute approximate surface area is 125 Å². The highest BCUT2D eigenvalue weighted by atomic mass is 32.2. The van der Waals surface area contributed by atoms with E-state index in [1.165, 1.54) is 17.8 Å². The first-order valence-corrected chi connectivity index (χ1v) is 7.13. The standard InChI is InChI=1S/C14H14N2O4S/c1-20-11-4-2-3-9(5-11)8-21-14-15-10(7-13(18)19)6-12(17)16-14/h2-6H,7-8H2,1H3,(H,18,19)(H,15,16,17). The molecule has 110 valence electrons. The first-order chi connectivity index (χ1) is 10.1. The van der Waals surface area contributed by atoms with Gasteiger partial charge in [0.25, 0.3) is 5.56 Å². The second kappa shape index (κ2) is 6.94. The minimum atomic E-state index is -1.02. The maximum atomic E-state index is 11.5. The minimum absolute atomic E-state index is 0.249. The molecule has 0 fully saturated rings. The smallest absolute Gasteiger partial charge is 0.309 e. The van der Waals surface area contributed by atoms with Crippen molar-refractivity contribution in [2.45, 2.75) is 17.3 Å². The summed E-state index contributed by atoms with van der Waals surface area (Å²) in [7, 11) is 1.60. The Bertz CT molecular complexity index is 699. The van der Waals surface area contributed by atoms with Gasteiger partial charge in [0, 0.05) is 11.8 Å². The molecule has 0 spiro atoms. The van der Waals surface area contributed by atoms with Gasteiger partial charge in [-0.15, -0.1) is 0 Å². The molecule has 2 rings (SSSR count). The van der Waals surface area contributed by atoms with Crippen molar-refractivity contribution in [3.8, 4) is 5.75 Å². The second-order valence-corrected chi connectivity index (χ2v) is 5.22. The van der Waals surface area contributed by atoms with Crippen LogP contribution in [-0.4, -0.2) is 28.2 Å². The number of ether oxygens (including phenoxy) is 1. The van der Waals surface area contributed by atoms with Gasteiger partial charge in [0.05, 0.1) is 19.2 Å². The predicted molar refractivity (Wildman–Crippen MR) is 78.8 cm³/mol. The average molecular weight is 306 g/mol. The molecule has 1 heterocycles. The lowest BCUT2D eigenvalue weighted by Crippen LogP contribution is -2.12. The van der Waals surface area contributed by atoms with Crippen molar-refractivity contribution >= 4 is 17.7 Å². The summed E-state index contributed by atoms with van der Waals surface area (Å²) in [5, 5.41) is 9.15. The second-order valence-electron chi connectivity index (χ2n) is 4.25. The van der Waals surface area contributed by atoms with Crippen molar-refractivity contribution in [1.29, 1.82) is 0 Å². The number of rotatable bonds is 6. The van der Waals surface area contributed by atoms with Crippen LogP contribution in [0.3, 0.4) is 0 Å². The molecule has 7 heteroatoms. The third-order valence-electron chi connectivity index (χ3n) is 2.62. The van der Waals surface area contributed by atoms with Gasteiger partial charge >= 0.3 is 5.97 Å².